The lowest BCUT2D eigenvalue weighted by Crippen LogP contribution is -2.46. The average molecular weight is 667 g/mol. The summed E-state index contributed by atoms with van der Waals surface area (Å²) in [5.41, 5.74) is -0.291. The Kier molecular flexibility index (Phi) is 10.1. The number of fused-ring (bicyclic) bond motifs is 1. The molecular formula is C32H36F6N6O3. The molecule has 1 N–H and O–H groups in total. The SMILES string of the molecule is CCOC(=O)N1c2ccc(CC)nc2[C@@H](Nc2ncc(N3CCOCC3)c(Cc3cc(C(F)(F)F)cc(C(F)(F)F)c3)n2)C[C@H]1CC. The lowest BCUT2D eigenvalue weighted by atomic mass is 9.93. The van der Waals surface area contributed by atoms with Gasteiger partial charge < -0.3 is 19.7 Å². The van der Waals surface area contributed by atoms with Crippen LogP contribution in [0.25, 0.3) is 0 Å². The first-order chi connectivity index (χ1) is 22.3. The number of ether oxygens (including phenoxy) is 2. The van der Waals surface area contributed by atoms with Gasteiger partial charge in [-0.2, -0.15) is 26.3 Å². The van der Waals surface area contributed by atoms with Crippen LogP contribution in [0.5, 0.6) is 0 Å². The molecule has 0 unspecified atom stereocenters. The zero-order chi connectivity index (χ0) is 33.9. The molecule has 1 saturated heterocycles. The maximum atomic E-state index is 13.7. The Morgan fingerprint density at radius 3 is 2.26 bits per heavy atom. The van der Waals surface area contributed by atoms with Gasteiger partial charge in [0.05, 0.1) is 65.9 Å². The number of pyridine rings is 1. The molecule has 1 amide bonds. The van der Waals surface area contributed by atoms with Gasteiger partial charge in [0.1, 0.15) is 0 Å². The van der Waals surface area contributed by atoms with E-state index in [0.29, 0.717) is 62.6 Å². The number of morpholine rings is 1. The van der Waals surface area contributed by atoms with E-state index in [9.17, 15) is 31.1 Å². The molecule has 0 spiro atoms. The van der Waals surface area contributed by atoms with Crippen molar-refractivity contribution < 1.29 is 40.6 Å². The van der Waals surface area contributed by atoms with Crippen molar-refractivity contribution in [3.63, 3.8) is 0 Å². The van der Waals surface area contributed by atoms with Crippen molar-refractivity contribution in [1.29, 1.82) is 0 Å². The van der Waals surface area contributed by atoms with Crippen molar-refractivity contribution in [2.75, 3.05) is 48.0 Å². The average Bonchev–Trinajstić information content (AvgIpc) is 3.04. The fraction of sp³-hybridized carbons (Fsp3) is 0.500. The second-order valence-corrected chi connectivity index (χ2v) is 11.3. The van der Waals surface area contributed by atoms with E-state index in [1.54, 1.807) is 11.8 Å². The first kappa shape index (κ1) is 34.2. The van der Waals surface area contributed by atoms with E-state index in [-0.39, 0.29) is 42.3 Å². The van der Waals surface area contributed by atoms with Gasteiger partial charge >= 0.3 is 18.4 Å². The molecule has 2 atom stereocenters. The number of nitrogens with one attached hydrogen (secondary N) is 1. The summed E-state index contributed by atoms with van der Waals surface area (Å²) in [6.07, 6.45) is -7.57. The Bertz CT molecular complexity index is 1550. The molecule has 2 aromatic heterocycles. The lowest BCUT2D eigenvalue weighted by Gasteiger charge is -2.39. The van der Waals surface area contributed by atoms with E-state index >= 15 is 0 Å². The standard InChI is InChI=1S/C32H36F6N6O3/c1-4-22-7-8-26-28(40-22)25(17-23(5-2)44(26)30(45)47-6-3)42-29-39-18-27(43-9-11-46-12-10-43)24(41-29)15-19-13-20(31(33,34)35)16-21(14-19)32(36,37)38/h7-8,13-14,16,18,23,25H,4-6,9-12,15,17H2,1-3H3,(H,39,41,42)/t23-,25+/m1/s1. The number of amides is 1. The first-order valence-electron chi connectivity index (χ1n) is 15.5. The molecule has 9 nitrogen and oxygen atoms in total. The van der Waals surface area contributed by atoms with Crippen LogP contribution in [0.4, 0.5) is 48.5 Å². The van der Waals surface area contributed by atoms with Crippen LogP contribution in [-0.2, 0) is 34.7 Å². The molecule has 0 bridgehead atoms. The highest BCUT2D eigenvalue weighted by Crippen LogP contribution is 2.40. The highest BCUT2D eigenvalue weighted by Gasteiger charge is 2.39. The summed E-state index contributed by atoms with van der Waals surface area (Å²) in [7, 11) is 0. The van der Waals surface area contributed by atoms with Crippen LogP contribution in [0.2, 0.25) is 0 Å². The molecule has 2 aliphatic rings. The van der Waals surface area contributed by atoms with Gasteiger partial charge in [-0.15, -0.1) is 0 Å². The Morgan fingerprint density at radius 1 is 0.979 bits per heavy atom. The van der Waals surface area contributed by atoms with Crippen LogP contribution < -0.4 is 15.1 Å². The highest BCUT2D eigenvalue weighted by atomic mass is 19.4. The Hall–Kier alpha value is -4.14. The number of rotatable bonds is 8. The summed E-state index contributed by atoms with van der Waals surface area (Å²) in [5.74, 6) is 0.124. The topological polar surface area (TPSA) is 92.7 Å². The van der Waals surface area contributed by atoms with Gasteiger partial charge in [-0.25, -0.2) is 14.8 Å². The van der Waals surface area contributed by atoms with Crippen molar-refractivity contribution in [1.82, 2.24) is 15.0 Å². The van der Waals surface area contributed by atoms with E-state index in [4.69, 9.17) is 14.5 Å². The summed E-state index contributed by atoms with van der Waals surface area (Å²) >= 11 is 0. The molecule has 2 aliphatic heterocycles. The third-order valence-corrected chi connectivity index (χ3v) is 8.24. The second-order valence-electron chi connectivity index (χ2n) is 11.3. The number of hydrogen-bond acceptors (Lipinski definition) is 8. The number of carbonyl (C=O) groups excluding carboxylic acids is 1. The maximum Gasteiger partial charge on any atom is 0.416 e. The second kappa shape index (κ2) is 13.9. The number of benzene rings is 1. The molecule has 254 valence electrons. The van der Waals surface area contributed by atoms with Crippen LogP contribution >= 0.6 is 0 Å². The van der Waals surface area contributed by atoms with Crippen molar-refractivity contribution in [2.24, 2.45) is 0 Å². The summed E-state index contributed by atoms with van der Waals surface area (Å²) in [6.45, 7) is 7.50. The zero-order valence-corrected chi connectivity index (χ0v) is 26.2. The minimum absolute atomic E-state index is 0.112. The van der Waals surface area contributed by atoms with Gasteiger partial charge in [-0.05, 0) is 62.1 Å². The number of aromatic nitrogens is 3. The van der Waals surface area contributed by atoms with Crippen molar-refractivity contribution >= 4 is 23.4 Å². The summed E-state index contributed by atoms with van der Waals surface area (Å²) in [6, 6.07) is 4.50. The molecule has 0 radical (unpaired) electrons. The Balaban J connectivity index is 1.55. The molecular weight excluding hydrogens is 630 g/mol. The van der Waals surface area contributed by atoms with Crippen LogP contribution in [0.1, 0.15) is 73.4 Å². The van der Waals surface area contributed by atoms with E-state index in [1.165, 1.54) is 6.20 Å². The minimum atomic E-state index is -4.98. The summed E-state index contributed by atoms with van der Waals surface area (Å²) in [4.78, 5) is 30.5. The third-order valence-electron chi connectivity index (χ3n) is 8.24. The van der Waals surface area contributed by atoms with Gasteiger partial charge in [0.15, 0.2) is 0 Å². The van der Waals surface area contributed by atoms with Gasteiger partial charge in [-0.1, -0.05) is 13.8 Å². The maximum absolute atomic E-state index is 13.7. The molecule has 0 aliphatic carbocycles. The number of anilines is 3. The molecule has 3 aromatic rings. The van der Waals surface area contributed by atoms with Crippen molar-refractivity contribution in [3.05, 3.63) is 70.3 Å². The van der Waals surface area contributed by atoms with Crippen LogP contribution in [-0.4, -0.2) is 60.0 Å². The fourth-order valence-electron chi connectivity index (χ4n) is 5.92. The van der Waals surface area contributed by atoms with Crippen molar-refractivity contribution in [2.45, 2.75) is 70.9 Å². The molecule has 0 saturated carbocycles. The smallest absolute Gasteiger partial charge is 0.416 e. The predicted octanol–water partition coefficient (Wildman–Crippen LogP) is 7.20. The van der Waals surface area contributed by atoms with E-state index in [0.717, 1.165) is 17.8 Å². The van der Waals surface area contributed by atoms with Gasteiger partial charge in [0.2, 0.25) is 5.95 Å². The Labute approximate surface area is 268 Å². The van der Waals surface area contributed by atoms with Crippen LogP contribution in [0.3, 0.4) is 0 Å². The monoisotopic (exact) mass is 666 g/mol. The lowest BCUT2D eigenvalue weighted by molar-refractivity contribution is -0.143. The largest absolute Gasteiger partial charge is 0.449 e. The summed E-state index contributed by atoms with van der Waals surface area (Å²) < 4.78 is 92.8. The summed E-state index contributed by atoms with van der Waals surface area (Å²) in [5, 5.41) is 3.31. The third kappa shape index (κ3) is 7.71. The molecule has 47 heavy (non-hydrogen) atoms. The molecule has 4 heterocycles. The molecule has 1 aromatic carbocycles. The highest BCUT2D eigenvalue weighted by molar-refractivity contribution is 5.90. The minimum Gasteiger partial charge on any atom is -0.449 e. The number of hydrogen-bond donors (Lipinski definition) is 1. The Morgan fingerprint density at radius 2 is 1.66 bits per heavy atom. The first-order valence-corrected chi connectivity index (χ1v) is 15.5. The van der Waals surface area contributed by atoms with E-state index in [2.05, 4.69) is 15.3 Å². The van der Waals surface area contributed by atoms with Crippen molar-refractivity contribution in [3.8, 4) is 0 Å². The van der Waals surface area contributed by atoms with Crippen LogP contribution in [0, 0.1) is 0 Å². The predicted molar refractivity (Wildman–Crippen MR) is 162 cm³/mol. The van der Waals surface area contributed by atoms with E-state index in [1.807, 2.05) is 30.9 Å². The van der Waals surface area contributed by atoms with Gasteiger partial charge in [-0.3, -0.25) is 9.88 Å². The molecule has 1 fully saturated rings. The number of carbonyl (C=O) groups is 1. The molecule has 5 rings (SSSR count). The quantitative estimate of drug-likeness (QED) is 0.253. The van der Waals surface area contributed by atoms with Gasteiger partial charge in [0.25, 0.3) is 0 Å². The number of alkyl halides is 6. The normalized spacial score (nSPS) is 18.6. The van der Waals surface area contributed by atoms with Crippen LogP contribution in [0.15, 0.2) is 36.5 Å². The fourth-order valence-corrected chi connectivity index (χ4v) is 5.92. The molecule has 15 heteroatoms. The number of halogens is 6. The van der Waals surface area contributed by atoms with E-state index < -0.39 is 35.6 Å². The number of aryl methyl sites for hydroxylation is 1. The van der Waals surface area contributed by atoms with Gasteiger partial charge in [0, 0.05) is 31.2 Å². The zero-order valence-electron chi connectivity index (χ0n) is 26.2. The number of nitrogens with zero attached hydrogens (tertiary/aromatic N) is 5.